The van der Waals surface area contributed by atoms with Crippen LogP contribution in [0.15, 0.2) is 139 Å². The highest BCUT2D eigenvalue weighted by molar-refractivity contribution is 7.86. The van der Waals surface area contributed by atoms with Crippen LogP contribution in [0.25, 0.3) is 10.8 Å². The molecular weight excluding hydrogens is 791 g/mol. The summed E-state index contributed by atoms with van der Waals surface area (Å²) in [6.07, 6.45) is 0. The first-order valence-electron chi connectivity index (χ1n) is 16.8. The van der Waals surface area contributed by atoms with Crippen molar-refractivity contribution < 1.29 is 44.9 Å². The van der Waals surface area contributed by atoms with Crippen LogP contribution in [-0.4, -0.2) is 52.0 Å². The highest BCUT2D eigenvalue weighted by atomic mass is 32.2. The van der Waals surface area contributed by atoms with Gasteiger partial charge >= 0.3 is 10.6 Å². The molecule has 0 aliphatic heterocycles. The van der Waals surface area contributed by atoms with Crippen LogP contribution in [-0.2, 0) is 20.7 Å². The van der Waals surface area contributed by atoms with Crippen molar-refractivity contribution in [1.82, 2.24) is 0 Å². The summed E-state index contributed by atoms with van der Waals surface area (Å²) in [5.74, 6) is 0.880. The number of aromatic hydroxyl groups is 1. The zero-order valence-electron chi connectivity index (χ0n) is 31.5. The molecule has 6 rings (SSSR count). The number of nitrogens with one attached hydrogen (secondary N) is 1. The van der Waals surface area contributed by atoms with Crippen molar-refractivity contribution in [2.75, 3.05) is 26.6 Å². The van der Waals surface area contributed by atoms with Crippen LogP contribution in [0, 0.1) is 13.8 Å². The molecule has 0 fully saturated rings. The van der Waals surface area contributed by atoms with E-state index in [4.69, 9.17) is 26.8 Å². The molecule has 0 bridgehead atoms. The number of rotatable bonds is 12. The van der Waals surface area contributed by atoms with Crippen LogP contribution < -0.4 is 19.5 Å². The number of phenolic OH excluding ortho intramolecular Hbond substituents is 1. The number of methoxy groups -OCH3 is 3. The average Bonchev–Trinajstić information content (AvgIpc) is 3.19. The van der Waals surface area contributed by atoms with Crippen LogP contribution in [0.4, 0.5) is 45.5 Å². The van der Waals surface area contributed by atoms with E-state index in [-0.39, 0.29) is 16.8 Å². The number of azo groups is 3. The lowest BCUT2D eigenvalue weighted by atomic mass is 10.1. The van der Waals surface area contributed by atoms with Gasteiger partial charge in [-0.3, -0.25) is 4.55 Å². The lowest BCUT2D eigenvalue weighted by Gasteiger charge is -2.12. The summed E-state index contributed by atoms with van der Waals surface area (Å²) in [7, 11) is -3.44. The molecule has 17 nitrogen and oxygen atoms in total. The van der Waals surface area contributed by atoms with Crippen molar-refractivity contribution in [2.45, 2.75) is 18.7 Å². The number of hydrogen-bond acceptors (Lipinski definition) is 16. The maximum absolute atomic E-state index is 12.5. The summed E-state index contributed by atoms with van der Waals surface area (Å²) in [5, 5.41) is 40.9. The van der Waals surface area contributed by atoms with E-state index in [0.29, 0.717) is 50.9 Å². The van der Waals surface area contributed by atoms with E-state index in [2.05, 4.69) is 36.0 Å². The Balaban J connectivity index is 0.00000153. The Hall–Kier alpha value is -7.09. The molecule has 0 amide bonds. The zero-order chi connectivity index (χ0) is 42.0. The maximum Gasteiger partial charge on any atom is 0.425 e. The van der Waals surface area contributed by atoms with Gasteiger partial charge in [-0.25, -0.2) is 0 Å². The molecular formula is C39H35N7O10S2. The normalized spacial score (nSPS) is 11.5. The van der Waals surface area contributed by atoms with E-state index in [0.717, 1.165) is 11.3 Å². The second-order valence-corrected chi connectivity index (χ2v) is 13.9. The van der Waals surface area contributed by atoms with Crippen molar-refractivity contribution in [2.24, 2.45) is 30.7 Å². The van der Waals surface area contributed by atoms with Crippen LogP contribution in [0.3, 0.4) is 0 Å². The molecule has 0 aliphatic rings. The average molecular weight is 826 g/mol. The van der Waals surface area contributed by atoms with Gasteiger partial charge in [0, 0.05) is 28.9 Å². The van der Waals surface area contributed by atoms with E-state index in [1.807, 2.05) is 49.4 Å². The van der Waals surface area contributed by atoms with Crippen molar-refractivity contribution in [1.29, 1.82) is 0 Å². The number of fused-ring (bicyclic) bond motifs is 1. The van der Waals surface area contributed by atoms with Crippen LogP contribution in [0.5, 0.6) is 23.0 Å². The van der Waals surface area contributed by atoms with Crippen molar-refractivity contribution in [3.05, 3.63) is 114 Å². The Morgan fingerprint density at radius 2 is 1.12 bits per heavy atom. The third-order valence-corrected chi connectivity index (χ3v) is 9.12. The largest absolute Gasteiger partial charge is 0.505 e. The van der Waals surface area contributed by atoms with Crippen LogP contribution >= 0.6 is 0 Å². The summed E-state index contributed by atoms with van der Waals surface area (Å²) >= 11 is 0. The first kappa shape index (κ1) is 42.1. The van der Waals surface area contributed by atoms with Crippen molar-refractivity contribution in [3.63, 3.8) is 0 Å². The van der Waals surface area contributed by atoms with Gasteiger partial charge < -0.3 is 24.6 Å². The van der Waals surface area contributed by atoms with Gasteiger partial charge in [-0.05, 0) is 103 Å². The van der Waals surface area contributed by atoms with E-state index in [1.54, 1.807) is 68.6 Å². The first-order chi connectivity index (χ1) is 27.7. The second-order valence-electron chi connectivity index (χ2n) is 12.1. The Morgan fingerprint density at radius 3 is 1.66 bits per heavy atom. The van der Waals surface area contributed by atoms with Gasteiger partial charge in [0.15, 0.2) is 5.75 Å². The standard InChI is InChI=1S/C39H35N7O7S.O3S/c1-23-17-33(35(52-4)21-31(23)42-41-27-9-7-6-8-10-27)44-43-32-22-36(53-5)34(18-24(32)2)45-46-38-37(54(48,49)50)20-25-19-28(13-16-30(25)39(38)47)40-26-11-14-29(51-3)15-12-26;1-4(2)3/h6-22,40,47H,1-5H3,(H,48,49,50);. The Labute approximate surface area is 334 Å². The summed E-state index contributed by atoms with van der Waals surface area (Å²) in [6, 6.07) is 29.5. The molecule has 0 spiro atoms. The summed E-state index contributed by atoms with van der Waals surface area (Å²) in [4.78, 5) is -0.629. The summed E-state index contributed by atoms with van der Waals surface area (Å²) < 4.78 is 76.9. The molecule has 3 N–H and O–H groups in total. The molecule has 6 aromatic carbocycles. The van der Waals surface area contributed by atoms with E-state index in [9.17, 15) is 18.1 Å². The van der Waals surface area contributed by atoms with Gasteiger partial charge in [0.05, 0.1) is 38.4 Å². The minimum atomic E-state index is -4.85. The maximum atomic E-state index is 12.5. The molecule has 0 atom stereocenters. The number of hydrogen-bond donors (Lipinski definition) is 3. The monoisotopic (exact) mass is 825 g/mol. The predicted molar refractivity (Wildman–Crippen MR) is 216 cm³/mol. The van der Waals surface area contributed by atoms with Gasteiger partial charge in [-0.2, -0.15) is 23.8 Å². The minimum absolute atomic E-state index is 0.204. The Bertz CT molecular complexity index is 2780. The molecule has 6 aromatic rings. The van der Waals surface area contributed by atoms with E-state index >= 15 is 0 Å². The predicted octanol–water partition coefficient (Wildman–Crippen LogP) is 10.4. The highest BCUT2D eigenvalue weighted by Crippen LogP contribution is 2.44. The molecule has 0 unspecified atom stereocenters. The third-order valence-electron chi connectivity index (χ3n) is 8.26. The summed E-state index contributed by atoms with van der Waals surface area (Å²) in [5.41, 5.74) is 4.80. The van der Waals surface area contributed by atoms with Crippen LogP contribution in [0.2, 0.25) is 0 Å². The van der Waals surface area contributed by atoms with Gasteiger partial charge in [-0.1, -0.05) is 18.2 Å². The lowest BCUT2D eigenvalue weighted by molar-refractivity contribution is 0.415. The molecule has 0 radical (unpaired) electrons. The fourth-order valence-corrected chi connectivity index (χ4v) is 6.06. The third kappa shape index (κ3) is 10.6. The van der Waals surface area contributed by atoms with Gasteiger partial charge in [-0.15, -0.1) is 28.0 Å². The molecule has 0 saturated heterocycles. The molecule has 0 saturated carbocycles. The molecule has 0 aromatic heterocycles. The molecule has 19 heteroatoms. The first-order valence-corrected chi connectivity index (χ1v) is 19.3. The molecule has 0 heterocycles. The minimum Gasteiger partial charge on any atom is -0.505 e. The SMILES string of the molecule is COc1ccc(Nc2ccc3c(O)c(N=Nc4cc(C)c(N=Nc5cc(C)c(N=Nc6ccccc6)cc5OC)cc4OC)c(S(=O)(=O)O)cc3c2)cc1.O=S(=O)=O. The van der Waals surface area contributed by atoms with Gasteiger partial charge in [0.1, 0.15) is 39.2 Å². The number of nitrogens with zero attached hydrogens (tertiary/aromatic N) is 6. The fraction of sp³-hybridized carbons (Fsp3) is 0.128. The number of anilines is 2. The Morgan fingerprint density at radius 1 is 0.603 bits per heavy atom. The quantitative estimate of drug-likeness (QED) is 0.0774. The van der Waals surface area contributed by atoms with Crippen molar-refractivity contribution in [3.8, 4) is 23.0 Å². The molecule has 298 valence electrons. The van der Waals surface area contributed by atoms with Crippen LogP contribution in [0.1, 0.15) is 11.1 Å². The number of aryl methyl sites for hydroxylation is 2. The van der Waals surface area contributed by atoms with E-state index < -0.39 is 37.1 Å². The topological polar surface area (TPSA) is 240 Å². The number of ether oxygens (including phenoxy) is 3. The second kappa shape index (κ2) is 18.7. The Kier molecular flexibility index (Phi) is 13.6. The lowest BCUT2D eigenvalue weighted by Crippen LogP contribution is -1.99. The molecule has 58 heavy (non-hydrogen) atoms. The highest BCUT2D eigenvalue weighted by Gasteiger charge is 2.23. The van der Waals surface area contributed by atoms with Gasteiger partial charge in [0.2, 0.25) is 0 Å². The molecule has 0 aliphatic carbocycles. The van der Waals surface area contributed by atoms with Gasteiger partial charge in [0.25, 0.3) is 10.1 Å². The van der Waals surface area contributed by atoms with Crippen molar-refractivity contribution >= 4 is 77.0 Å². The number of phenols is 1. The zero-order valence-corrected chi connectivity index (χ0v) is 33.1. The fourth-order valence-electron chi connectivity index (χ4n) is 5.40. The number of benzene rings is 6. The summed E-state index contributed by atoms with van der Waals surface area (Å²) in [6.45, 7) is 3.65. The smallest absolute Gasteiger partial charge is 0.425 e. The van der Waals surface area contributed by atoms with E-state index in [1.165, 1.54) is 20.3 Å².